The van der Waals surface area contributed by atoms with Gasteiger partial charge in [0.25, 0.3) is 0 Å². The van der Waals surface area contributed by atoms with Crippen molar-refractivity contribution in [2.75, 3.05) is 5.32 Å². The quantitative estimate of drug-likeness (QED) is 0.371. The van der Waals surface area contributed by atoms with E-state index in [2.05, 4.69) is 32.3 Å². The van der Waals surface area contributed by atoms with Crippen molar-refractivity contribution in [3.63, 3.8) is 0 Å². The van der Waals surface area contributed by atoms with Crippen molar-refractivity contribution < 1.29 is 8.78 Å². The van der Waals surface area contributed by atoms with Gasteiger partial charge in [0.15, 0.2) is 0 Å². The number of halogens is 5. The van der Waals surface area contributed by atoms with Crippen molar-refractivity contribution in [1.82, 2.24) is 4.98 Å². The van der Waals surface area contributed by atoms with Gasteiger partial charge in [0.2, 0.25) is 6.43 Å². The first kappa shape index (κ1) is 21.8. The lowest BCUT2D eigenvalue weighted by Gasteiger charge is -2.09. The molecule has 0 saturated heterocycles. The number of nitrogens with one attached hydrogen (secondary N) is 1. The largest absolute Gasteiger partial charge is 0.379 e. The van der Waals surface area contributed by atoms with Crippen LogP contribution in [0, 0.1) is 0 Å². The van der Waals surface area contributed by atoms with Crippen LogP contribution in [0.2, 0.25) is 5.15 Å². The average Bonchev–Trinajstić information content (AvgIpc) is 3.14. The number of hydrogen-bond acceptors (Lipinski definition) is 5. The van der Waals surface area contributed by atoms with Gasteiger partial charge in [-0.1, -0.05) is 17.7 Å². The van der Waals surface area contributed by atoms with Gasteiger partial charge in [0.05, 0.1) is 20.4 Å². The van der Waals surface area contributed by atoms with E-state index in [1.54, 1.807) is 17.4 Å². The predicted molar refractivity (Wildman–Crippen MR) is 114 cm³/mol. The molecule has 0 aliphatic carbocycles. The molecule has 3 N–H and O–H groups in total. The average molecular weight is 503 g/mol. The van der Waals surface area contributed by atoms with Gasteiger partial charge < -0.3 is 11.1 Å². The van der Waals surface area contributed by atoms with E-state index in [9.17, 15) is 8.78 Å². The van der Waals surface area contributed by atoms with E-state index in [1.807, 2.05) is 11.4 Å². The van der Waals surface area contributed by atoms with Crippen LogP contribution in [0.1, 0.15) is 16.2 Å². The highest BCUT2D eigenvalue weighted by Crippen LogP contribution is 2.40. The molecule has 3 rings (SSSR count). The van der Waals surface area contributed by atoms with Crippen LogP contribution in [0.25, 0.3) is 10.2 Å². The van der Waals surface area contributed by atoms with Crippen molar-refractivity contribution in [3.8, 4) is 0 Å². The van der Waals surface area contributed by atoms with Crippen molar-refractivity contribution in [1.29, 1.82) is 0 Å². The molecule has 0 fully saturated rings. The van der Waals surface area contributed by atoms with Crippen LogP contribution in [0.5, 0.6) is 0 Å². The van der Waals surface area contributed by atoms with Crippen LogP contribution < -0.4 is 11.1 Å². The summed E-state index contributed by atoms with van der Waals surface area (Å²) in [6.45, 7) is 0.683. The lowest BCUT2D eigenvalue weighted by atomic mass is 10.1. The zero-order valence-electron chi connectivity index (χ0n) is 13.3. The number of nitrogens with zero attached hydrogens (tertiary/aromatic N) is 1. The van der Waals surface area contributed by atoms with Crippen molar-refractivity contribution in [2.24, 2.45) is 5.73 Å². The lowest BCUT2D eigenvalue weighted by molar-refractivity contribution is 0.128. The Morgan fingerprint density at radius 3 is 2.81 bits per heavy atom. The van der Waals surface area contributed by atoms with Gasteiger partial charge in [-0.2, -0.15) is 0 Å². The van der Waals surface area contributed by atoms with Crippen LogP contribution >= 0.6 is 62.6 Å². The molecule has 3 aromatic rings. The fourth-order valence-electron chi connectivity index (χ4n) is 2.46. The maximum absolute atomic E-state index is 12.5. The highest BCUT2D eigenvalue weighted by atomic mass is 79.9. The molecule has 142 valence electrons. The molecule has 0 aromatic carbocycles. The van der Waals surface area contributed by atoms with Gasteiger partial charge in [-0.15, -0.1) is 35.1 Å². The molecule has 0 spiro atoms. The van der Waals surface area contributed by atoms with Gasteiger partial charge in [0, 0.05) is 34.8 Å². The van der Waals surface area contributed by atoms with Crippen LogP contribution in [-0.4, -0.2) is 17.5 Å². The maximum atomic E-state index is 12.5. The van der Waals surface area contributed by atoms with Crippen LogP contribution in [0.4, 0.5) is 14.5 Å². The molecule has 3 nitrogen and oxygen atoms in total. The first-order valence-electron chi connectivity index (χ1n) is 7.51. The molecule has 0 amide bonds. The minimum Gasteiger partial charge on any atom is -0.379 e. The van der Waals surface area contributed by atoms with Crippen molar-refractivity contribution in [3.05, 3.63) is 43.0 Å². The van der Waals surface area contributed by atoms with Crippen LogP contribution in [0.3, 0.4) is 0 Å². The Balaban J connectivity index is 0.00000243. The van der Waals surface area contributed by atoms with E-state index >= 15 is 0 Å². The predicted octanol–water partition coefficient (Wildman–Crippen LogP) is 6.33. The van der Waals surface area contributed by atoms with Crippen molar-refractivity contribution >= 4 is 78.5 Å². The third-order valence-electron chi connectivity index (χ3n) is 3.58. The first-order chi connectivity index (χ1) is 11.9. The second-order valence-electron chi connectivity index (χ2n) is 5.53. The monoisotopic (exact) mass is 501 g/mol. The SMILES string of the molecule is Cl.N[C@H](Cc1sc2c(NCc3cccs3)cc(Cl)nc2c1Br)CC(F)F. The molecular formula is C16H16BrCl2F2N3S2. The second kappa shape index (κ2) is 9.61. The number of anilines is 1. The molecule has 3 aromatic heterocycles. The molecule has 1 atom stereocenters. The second-order valence-corrected chi connectivity index (χ2v) is 8.85. The summed E-state index contributed by atoms with van der Waals surface area (Å²) in [5, 5.41) is 5.78. The Labute approximate surface area is 177 Å². The third-order valence-corrected chi connectivity index (χ3v) is 7.00. The third kappa shape index (κ3) is 5.27. The smallest absolute Gasteiger partial charge is 0.240 e. The lowest BCUT2D eigenvalue weighted by Crippen LogP contribution is -2.25. The minimum atomic E-state index is -2.40. The Hall–Kier alpha value is -0.510. The standard InChI is InChI=1S/C16H15BrClF2N3S2.ClH/c17-14-11(4-8(21)5-13(19)20)25-16-10(6-12(18)23-15(14)16)22-7-9-2-1-3-24-9;/h1-3,6,8,13H,4-5,7,21H2,(H,22,23);1H/t8-;/m1./s1. The Morgan fingerprint density at radius 1 is 1.38 bits per heavy atom. The van der Waals surface area contributed by atoms with Gasteiger partial charge >= 0.3 is 0 Å². The highest BCUT2D eigenvalue weighted by molar-refractivity contribution is 9.10. The summed E-state index contributed by atoms with van der Waals surface area (Å²) in [6.07, 6.45) is -2.36. The number of thiophene rings is 2. The van der Waals surface area contributed by atoms with Gasteiger partial charge in [-0.05, 0) is 33.8 Å². The molecular weight excluding hydrogens is 487 g/mol. The summed E-state index contributed by atoms with van der Waals surface area (Å²) in [7, 11) is 0. The first-order valence-corrected chi connectivity index (χ1v) is 10.4. The Morgan fingerprint density at radius 2 is 2.15 bits per heavy atom. The van der Waals surface area contributed by atoms with Crippen LogP contribution in [-0.2, 0) is 13.0 Å². The molecule has 0 radical (unpaired) electrons. The zero-order valence-corrected chi connectivity index (χ0v) is 18.1. The van der Waals surface area contributed by atoms with Gasteiger partial charge in [-0.25, -0.2) is 13.8 Å². The number of alkyl halides is 2. The summed E-state index contributed by atoms with van der Waals surface area (Å²) in [4.78, 5) is 6.48. The zero-order chi connectivity index (χ0) is 18.0. The molecule has 3 heterocycles. The minimum absolute atomic E-state index is 0. The normalized spacial score (nSPS) is 12.4. The van der Waals surface area contributed by atoms with E-state index in [4.69, 9.17) is 17.3 Å². The molecule has 0 aliphatic heterocycles. The number of nitrogens with two attached hydrogens (primary N) is 1. The molecule has 0 unspecified atom stereocenters. The van der Waals surface area contributed by atoms with Gasteiger partial charge in [-0.3, -0.25) is 0 Å². The number of rotatable bonds is 7. The number of fused-ring (bicyclic) bond motifs is 1. The van der Waals surface area contributed by atoms with Crippen LogP contribution in [0.15, 0.2) is 28.1 Å². The number of aromatic nitrogens is 1. The fraction of sp³-hybridized carbons (Fsp3) is 0.312. The molecule has 0 aliphatic rings. The summed E-state index contributed by atoms with van der Waals surface area (Å²) in [5.74, 6) is 0. The van der Waals surface area contributed by atoms with Gasteiger partial charge in [0.1, 0.15) is 5.15 Å². The number of hydrogen-bond donors (Lipinski definition) is 2. The van der Waals surface area contributed by atoms with Crippen molar-refractivity contribution in [2.45, 2.75) is 31.9 Å². The van der Waals surface area contributed by atoms with E-state index in [1.165, 1.54) is 16.2 Å². The highest BCUT2D eigenvalue weighted by Gasteiger charge is 2.19. The maximum Gasteiger partial charge on any atom is 0.240 e. The Bertz CT molecular complexity index is 859. The van der Waals surface area contributed by atoms with E-state index in [-0.39, 0.29) is 18.8 Å². The molecule has 26 heavy (non-hydrogen) atoms. The van der Waals surface area contributed by atoms with E-state index < -0.39 is 12.5 Å². The fourth-order valence-corrected chi connectivity index (χ4v) is 5.34. The molecule has 10 heteroatoms. The summed E-state index contributed by atoms with van der Waals surface area (Å²) >= 11 is 12.8. The van der Waals surface area contributed by atoms with E-state index in [0.29, 0.717) is 18.1 Å². The number of pyridine rings is 1. The summed E-state index contributed by atoms with van der Waals surface area (Å²) in [5.41, 5.74) is 7.44. The summed E-state index contributed by atoms with van der Waals surface area (Å²) in [6, 6.07) is 5.24. The van der Waals surface area contributed by atoms with E-state index in [0.717, 1.165) is 25.3 Å². The topological polar surface area (TPSA) is 50.9 Å². The Kier molecular flexibility index (Phi) is 8.06. The molecule has 0 saturated carbocycles. The summed E-state index contributed by atoms with van der Waals surface area (Å²) < 4.78 is 26.7. The molecule has 0 bridgehead atoms.